The van der Waals surface area contributed by atoms with Crippen molar-refractivity contribution in [1.82, 2.24) is 10.9 Å². The molecule has 5 heteroatoms. The lowest BCUT2D eigenvalue weighted by atomic mass is 9.49. The van der Waals surface area contributed by atoms with Crippen molar-refractivity contribution in [2.24, 2.45) is 23.2 Å². The molecule has 0 heterocycles. The fourth-order valence-corrected chi connectivity index (χ4v) is 6.13. The van der Waals surface area contributed by atoms with Crippen LogP contribution in [0.3, 0.4) is 0 Å². The third-order valence-corrected chi connectivity index (χ3v) is 6.90. The largest absolute Gasteiger partial charge is 0.494 e. The van der Waals surface area contributed by atoms with Gasteiger partial charge in [0.1, 0.15) is 5.75 Å². The zero-order chi connectivity index (χ0) is 19.6. The first-order chi connectivity index (χ1) is 13.5. The van der Waals surface area contributed by atoms with Crippen LogP contribution in [-0.4, -0.2) is 18.4 Å². The maximum atomic E-state index is 12.5. The van der Waals surface area contributed by atoms with Crippen LogP contribution < -0.4 is 15.6 Å². The normalized spacial score (nSPS) is 30.1. The van der Waals surface area contributed by atoms with Crippen LogP contribution in [0.2, 0.25) is 0 Å². The highest BCUT2D eigenvalue weighted by molar-refractivity contribution is 5.95. The third kappa shape index (κ3) is 4.34. The number of hydrogen-bond donors (Lipinski definition) is 2. The predicted molar refractivity (Wildman–Crippen MR) is 108 cm³/mol. The summed E-state index contributed by atoms with van der Waals surface area (Å²) in [4.78, 5) is 24.8. The van der Waals surface area contributed by atoms with Crippen LogP contribution in [0.5, 0.6) is 5.75 Å². The quantitative estimate of drug-likeness (QED) is 0.546. The van der Waals surface area contributed by atoms with E-state index in [9.17, 15) is 9.59 Å². The minimum absolute atomic E-state index is 0.0604. The van der Waals surface area contributed by atoms with Crippen LogP contribution in [0.25, 0.3) is 0 Å². The van der Waals surface area contributed by atoms with E-state index < -0.39 is 0 Å². The van der Waals surface area contributed by atoms with Crippen molar-refractivity contribution >= 4 is 11.8 Å². The fraction of sp³-hybridized carbons (Fsp3) is 0.652. The monoisotopic (exact) mass is 384 g/mol. The molecule has 5 rings (SSSR count). The zero-order valence-electron chi connectivity index (χ0n) is 16.8. The smallest absolute Gasteiger partial charge is 0.269 e. The van der Waals surface area contributed by atoms with Gasteiger partial charge in [0.25, 0.3) is 5.91 Å². The van der Waals surface area contributed by atoms with E-state index in [1.165, 1.54) is 38.5 Å². The molecule has 28 heavy (non-hydrogen) atoms. The lowest BCUT2D eigenvalue weighted by Gasteiger charge is -2.56. The van der Waals surface area contributed by atoms with Gasteiger partial charge in [-0.2, -0.15) is 0 Å². The lowest BCUT2D eigenvalue weighted by Crippen LogP contribution is -2.50. The Morgan fingerprint density at radius 2 is 1.61 bits per heavy atom. The van der Waals surface area contributed by atoms with E-state index >= 15 is 0 Å². The molecule has 1 aromatic carbocycles. The number of hydrogen-bond acceptors (Lipinski definition) is 3. The molecule has 0 radical (unpaired) electrons. The number of rotatable bonds is 7. The molecule has 4 aliphatic carbocycles. The molecule has 0 spiro atoms. The highest BCUT2D eigenvalue weighted by Gasteiger charge is 2.51. The van der Waals surface area contributed by atoms with Gasteiger partial charge in [0.2, 0.25) is 5.91 Å². The molecule has 0 saturated heterocycles. The van der Waals surface area contributed by atoms with Crippen molar-refractivity contribution in [3.63, 3.8) is 0 Å². The Balaban J connectivity index is 1.25. The Morgan fingerprint density at radius 3 is 2.18 bits per heavy atom. The lowest BCUT2D eigenvalue weighted by molar-refractivity contribution is -0.130. The number of hydrazine groups is 1. The maximum absolute atomic E-state index is 12.5. The number of carbonyl (C=O) groups is 2. The fourth-order valence-electron chi connectivity index (χ4n) is 6.13. The molecule has 2 amide bonds. The maximum Gasteiger partial charge on any atom is 0.269 e. The van der Waals surface area contributed by atoms with E-state index in [-0.39, 0.29) is 17.2 Å². The highest BCUT2D eigenvalue weighted by Crippen LogP contribution is 2.61. The first kappa shape index (κ1) is 19.3. The minimum Gasteiger partial charge on any atom is -0.494 e. The standard InChI is InChI=1S/C23H32N2O3/c1-2-3-8-28-20-6-4-19(5-7-20)22(27)25-24-21(26)15-23-12-16-9-17(13-23)11-18(10-16)14-23/h4-7,16-18H,2-3,8-15H2,1H3,(H,24,26)(H,25,27). The number of ether oxygens (including phenoxy) is 1. The first-order valence-electron chi connectivity index (χ1n) is 10.9. The van der Waals surface area contributed by atoms with E-state index in [1.54, 1.807) is 24.3 Å². The van der Waals surface area contributed by atoms with Gasteiger partial charge in [0.15, 0.2) is 0 Å². The first-order valence-corrected chi connectivity index (χ1v) is 10.9. The van der Waals surface area contributed by atoms with E-state index in [1.807, 2.05) is 0 Å². The van der Waals surface area contributed by atoms with E-state index in [2.05, 4.69) is 17.8 Å². The summed E-state index contributed by atoms with van der Waals surface area (Å²) in [7, 11) is 0. The van der Waals surface area contributed by atoms with Crippen molar-refractivity contribution in [3.05, 3.63) is 29.8 Å². The van der Waals surface area contributed by atoms with Crippen molar-refractivity contribution in [1.29, 1.82) is 0 Å². The molecule has 5 nitrogen and oxygen atoms in total. The summed E-state index contributed by atoms with van der Waals surface area (Å²) in [5.74, 6) is 2.88. The second-order valence-electron chi connectivity index (χ2n) is 9.32. The van der Waals surface area contributed by atoms with Gasteiger partial charge in [-0.15, -0.1) is 0 Å². The van der Waals surface area contributed by atoms with Crippen molar-refractivity contribution in [3.8, 4) is 5.75 Å². The summed E-state index contributed by atoms with van der Waals surface area (Å²) in [5, 5.41) is 0. The van der Waals surface area contributed by atoms with Gasteiger partial charge < -0.3 is 4.74 Å². The van der Waals surface area contributed by atoms with Crippen LogP contribution in [0, 0.1) is 23.2 Å². The third-order valence-electron chi connectivity index (χ3n) is 6.90. The molecule has 0 atom stereocenters. The molecule has 152 valence electrons. The summed E-state index contributed by atoms with van der Waals surface area (Å²) in [6.07, 6.45) is 10.3. The van der Waals surface area contributed by atoms with Crippen molar-refractivity contribution < 1.29 is 14.3 Å². The van der Waals surface area contributed by atoms with Gasteiger partial charge in [-0.05, 0) is 92.4 Å². The molecule has 2 N–H and O–H groups in total. The summed E-state index contributed by atoms with van der Waals surface area (Å²) in [6, 6.07) is 7.04. The molecular weight excluding hydrogens is 352 g/mol. The zero-order valence-corrected chi connectivity index (χ0v) is 16.8. The summed E-state index contributed by atoms with van der Waals surface area (Å²) < 4.78 is 5.61. The van der Waals surface area contributed by atoms with Crippen LogP contribution in [0.4, 0.5) is 0 Å². The Bertz CT molecular complexity index is 678. The van der Waals surface area contributed by atoms with E-state index in [4.69, 9.17) is 4.74 Å². The van der Waals surface area contributed by atoms with Gasteiger partial charge in [-0.3, -0.25) is 20.4 Å². The molecule has 4 fully saturated rings. The van der Waals surface area contributed by atoms with Gasteiger partial charge >= 0.3 is 0 Å². The molecule has 4 saturated carbocycles. The second kappa shape index (κ2) is 8.14. The number of amides is 2. The Morgan fingerprint density at radius 1 is 1.00 bits per heavy atom. The molecular formula is C23H32N2O3. The Labute approximate surface area is 167 Å². The van der Waals surface area contributed by atoms with Gasteiger partial charge in [-0.25, -0.2) is 0 Å². The number of benzene rings is 1. The predicted octanol–water partition coefficient (Wildman–Crippen LogP) is 4.23. The average Bonchev–Trinajstić information content (AvgIpc) is 2.65. The van der Waals surface area contributed by atoms with Crippen LogP contribution in [-0.2, 0) is 4.79 Å². The average molecular weight is 385 g/mol. The summed E-state index contributed by atoms with van der Waals surface area (Å²) in [6.45, 7) is 2.80. The molecule has 1 aromatic rings. The molecule has 0 aromatic heterocycles. The van der Waals surface area contributed by atoms with Gasteiger partial charge in [0, 0.05) is 12.0 Å². The van der Waals surface area contributed by atoms with Crippen LogP contribution >= 0.6 is 0 Å². The van der Waals surface area contributed by atoms with Crippen LogP contribution in [0.15, 0.2) is 24.3 Å². The number of nitrogens with one attached hydrogen (secondary N) is 2. The summed E-state index contributed by atoms with van der Waals surface area (Å²) >= 11 is 0. The molecule has 4 aliphatic rings. The van der Waals surface area contributed by atoms with Gasteiger partial charge in [0.05, 0.1) is 6.61 Å². The van der Waals surface area contributed by atoms with Crippen molar-refractivity contribution in [2.45, 2.75) is 64.7 Å². The molecule has 4 bridgehead atoms. The Kier molecular flexibility index (Phi) is 5.61. The molecule has 0 unspecified atom stereocenters. The number of carbonyl (C=O) groups excluding carboxylic acids is 2. The SMILES string of the molecule is CCCCOc1ccc(C(=O)NNC(=O)CC23CC4CC(CC(C4)C2)C3)cc1. The minimum atomic E-state index is -0.293. The van der Waals surface area contributed by atoms with E-state index in [0.29, 0.717) is 18.6 Å². The Hall–Kier alpha value is -2.04. The van der Waals surface area contributed by atoms with E-state index in [0.717, 1.165) is 36.3 Å². The van der Waals surface area contributed by atoms with Gasteiger partial charge in [-0.1, -0.05) is 13.3 Å². The molecule has 0 aliphatic heterocycles. The van der Waals surface area contributed by atoms with Crippen LogP contribution in [0.1, 0.15) is 75.1 Å². The van der Waals surface area contributed by atoms with Crippen molar-refractivity contribution in [2.75, 3.05) is 6.61 Å². The topological polar surface area (TPSA) is 67.4 Å². The number of unbranched alkanes of at least 4 members (excludes halogenated alkanes) is 1. The highest BCUT2D eigenvalue weighted by atomic mass is 16.5. The summed E-state index contributed by atoms with van der Waals surface area (Å²) in [5.41, 5.74) is 5.91. The second-order valence-corrected chi connectivity index (χ2v) is 9.32.